The quantitative estimate of drug-likeness (QED) is 0.254. The van der Waals surface area contributed by atoms with Gasteiger partial charge in [-0.05, 0) is 67.7 Å². The van der Waals surface area contributed by atoms with Gasteiger partial charge < -0.3 is 9.64 Å². The zero-order valence-electron chi connectivity index (χ0n) is 22.8. The van der Waals surface area contributed by atoms with E-state index in [9.17, 15) is 18.0 Å². The van der Waals surface area contributed by atoms with Gasteiger partial charge in [0.1, 0.15) is 17.1 Å². The summed E-state index contributed by atoms with van der Waals surface area (Å²) in [5.41, 5.74) is 1.31. The van der Waals surface area contributed by atoms with Gasteiger partial charge in [-0.1, -0.05) is 36.4 Å². The van der Waals surface area contributed by atoms with Crippen molar-refractivity contribution in [3.8, 4) is 5.75 Å². The van der Waals surface area contributed by atoms with E-state index in [1.807, 2.05) is 11.0 Å². The van der Waals surface area contributed by atoms with Crippen molar-refractivity contribution in [1.29, 1.82) is 0 Å². The summed E-state index contributed by atoms with van der Waals surface area (Å²) < 4.78 is 65.3. The number of likely N-dealkylation sites (tertiary alicyclic amines) is 1. The number of rotatable bonds is 7. The normalized spacial score (nSPS) is 18.1. The van der Waals surface area contributed by atoms with Gasteiger partial charge in [0.05, 0.1) is 36.5 Å². The second-order valence-electron chi connectivity index (χ2n) is 10.8. The van der Waals surface area contributed by atoms with E-state index in [1.165, 1.54) is 35.9 Å². The first-order valence-corrected chi connectivity index (χ1v) is 13.9. The van der Waals surface area contributed by atoms with Gasteiger partial charge >= 0.3 is 11.9 Å². The SMILES string of the molecule is COc1cccc2c1n(Cc1ccccc1C(F)(F)F)c(=O)n2[C@@H]1CCN(c2c(F)cccc2CN2CCCC2)C1. The third kappa shape index (κ3) is 5.09. The molecule has 6 rings (SSSR count). The number of ether oxygens (including phenoxy) is 1. The summed E-state index contributed by atoms with van der Waals surface area (Å²) in [6, 6.07) is 15.4. The molecule has 0 aliphatic carbocycles. The summed E-state index contributed by atoms with van der Waals surface area (Å²) in [6.45, 7) is 3.35. The van der Waals surface area contributed by atoms with Gasteiger partial charge in [0.25, 0.3) is 0 Å². The van der Waals surface area contributed by atoms with Crippen LogP contribution in [-0.2, 0) is 19.3 Å². The van der Waals surface area contributed by atoms with Crippen LogP contribution < -0.4 is 15.3 Å². The van der Waals surface area contributed by atoms with Crippen molar-refractivity contribution >= 4 is 16.7 Å². The van der Waals surface area contributed by atoms with E-state index < -0.39 is 17.4 Å². The highest BCUT2D eigenvalue weighted by Crippen LogP contribution is 2.36. The summed E-state index contributed by atoms with van der Waals surface area (Å²) in [5, 5.41) is 0. The van der Waals surface area contributed by atoms with Crippen molar-refractivity contribution in [3.05, 3.63) is 93.7 Å². The minimum atomic E-state index is -4.55. The number of para-hydroxylation sites is 2. The number of aromatic nitrogens is 2. The maximum Gasteiger partial charge on any atom is 0.416 e. The number of imidazole rings is 1. The van der Waals surface area contributed by atoms with Crippen LogP contribution in [0.4, 0.5) is 23.2 Å². The summed E-state index contributed by atoms with van der Waals surface area (Å²) in [6.07, 6.45) is -1.69. The molecule has 1 aromatic heterocycles. The average molecular weight is 569 g/mol. The van der Waals surface area contributed by atoms with E-state index in [1.54, 1.807) is 28.8 Å². The Morgan fingerprint density at radius 3 is 2.39 bits per heavy atom. The Kier molecular flexibility index (Phi) is 7.27. The molecule has 10 heteroatoms. The second-order valence-corrected chi connectivity index (χ2v) is 10.8. The molecule has 6 nitrogen and oxygen atoms in total. The van der Waals surface area contributed by atoms with Gasteiger partial charge in [-0.2, -0.15) is 13.2 Å². The van der Waals surface area contributed by atoms with Crippen LogP contribution in [0, 0.1) is 5.82 Å². The van der Waals surface area contributed by atoms with Gasteiger partial charge in [0.2, 0.25) is 0 Å². The summed E-state index contributed by atoms with van der Waals surface area (Å²) in [5.74, 6) is 0.113. The second kappa shape index (κ2) is 10.9. The minimum Gasteiger partial charge on any atom is -0.494 e. The van der Waals surface area contributed by atoms with E-state index >= 15 is 4.39 Å². The van der Waals surface area contributed by atoms with E-state index in [-0.39, 0.29) is 24.0 Å². The van der Waals surface area contributed by atoms with Crippen molar-refractivity contribution in [2.24, 2.45) is 0 Å². The Labute approximate surface area is 235 Å². The Hall–Kier alpha value is -3.79. The van der Waals surface area contributed by atoms with E-state index in [4.69, 9.17) is 4.74 Å². The molecule has 2 fully saturated rings. The van der Waals surface area contributed by atoms with E-state index in [2.05, 4.69) is 4.90 Å². The lowest BCUT2D eigenvalue weighted by molar-refractivity contribution is -0.138. The molecular weight excluding hydrogens is 536 g/mol. The summed E-state index contributed by atoms with van der Waals surface area (Å²) >= 11 is 0. The Morgan fingerprint density at radius 2 is 1.63 bits per heavy atom. The zero-order chi connectivity index (χ0) is 28.7. The molecule has 41 heavy (non-hydrogen) atoms. The van der Waals surface area contributed by atoms with Crippen molar-refractivity contribution in [2.75, 3.05) is 38.2 Å². The highest BCUT2D eigenvalue weighted by atomic mass is 19.4. The molecule has 0 saturated carbocycles. The van der Waals surface area contributed by atoms with E-state index in [0.717, 1.165) is 37.6 Å². The van der Waals surface area contributed by atoms with Crippen LogP contribution >= 0.6 is 0 Å². The molecule has 1 atom stereocenters. The molecule has 3 heterocycles. The van der Waals surface area contributed by atoms with Crippen molar-refractivity contribution in [2.45, 2.75) is 44.6 Å². The fraction of sp³-hybridized carbons (Fsp3) is 0.387. The van der Waals surface area contributed by atoms with Crippen LogP contribution in [0.25, 0.3) is 11.0 Å². The molecule has 0 spiro atoms. The first kappa shape index (κ1) is 27.4. The van der Waals surface area contributed by atoms with Gasteiger partial charge in [-0.25, -0.2) is 9.18 Å². The summed E-state index contributed by atoms with van der Waals surface area (Å²) in [7, 11) is 1.47. The fourth-order valence-corrected chi connectivity index (χ4v) is 6.45. The largest absolute Gasteiger partial charge is 0.494 e. The van der Waals surface area contributed by atoms with E-state index in [0.29, 0.717) is 48.5 Å². The monoisotopic (exact) mass is 568 g/mol. The van der Waals surface area contributed by atoms with Crippen LogP contribution in [0.2, 0.25) is 0 Å². The lowest BCUT2D eigenvalue weighted by Gasteiger charge is -2.25. The number of nitrogens with zero attached hydrogens (tertiary/aromatic N) is 4. The lowest BCUT2D eigenvalue weighted by Crippen LogP contribution is -2.31. The van der Waals surface area contributed by atoms with Crippen LogP contribution in [0.3, 0.4) is 0 Å². The molecule has 2 saturated heterocycles. The zero-order valence-corrected chi connectivity index (χ0v) is 22.8. The molecule has 0 radical (unpaired) electrons. The molecule has 0 amide bonds. The standard InChI is InChI=1S/C31H32F4N4O2/c1-41-27-13-7-12-26-29(27)38(19-21-8-2-3-10-24(21)31(33,34)35)30(40)39(26)23-14-17-37(20-23)28-22(9-6-11-25(28)32)18-36-15-4-5-16-36/h2-3,6-13,23H,4-5,14-20H2,1H3/t23-/m1/s1. The fourth-order valence-electron chi connectivity index (χ4n) is 6.45. The molecule has 2 aliphatic rings. The number of fused-ring (bicyclic) bond motifs is 1. The molecule has 0 N–H and O–H groups in total. The van der Waals surface area contributed by atoms with Crippen LogP contribution in [0.15, 0.2) is 65.5 Å². The third-order valence-corrected chi connectivity index (χ3v) is 8.32. The van der Waals surface area contributed by atoms with Gasteiger partial charge in [0, 0.05) is 19.6 Å². The number of hydrogen-bond donors (Lipinski definition) is 0. The Morgan fingerprint density at radius 1 is 0.902 bits per heavy atom. The number of methoxy groups -OCH3 is 1. The van der Waals surface area contributed by atoms with Gasteiger partial charge in [-0.3, -0.25) is 14.0 Å². The van der Waals surface area contributed by atoms with Crippen LogP contribution in [0.1, 0.15) is 42.0 Å². The molecule has 4 aromatic rings. The molecule has 0 unspecified atom stereocenters. The predicted molar refractivity (Wildman–Crippen MR) is 150 cm³/mol. The third-order valence-electron chi connectivity index (χ3n) is 8.32. The van der Waals surface area contributed by atoms with Crippen molar-refractivity contribution < 1.29 is 22.3 Å². The Bertz CT molecular complexity index is 1620. The smallest absolute Gasteiger partial charge is 0.416 e. The maximum atomic E-state index is 15.3. The topological polar surface area (TPSA) is 42.6 Å². The van der Waals surface area contributed by atoms with Crippen LogP contribution in [0.5, 0.6) is 5.75 Å². The van der Waals surface area contributed by atoms with Crippen LogP contribution in [-0.4, -0.2) is 47.3 Å². The number of benzene rings is 3. The lowest BCUT2D eigenvalue weighted by atomic mass is 10.1. The highest BCUT2D eigenvalue weighted by Gasteiger charge is 2.35. The van der Waals surface area contributed by atoms with Crippen molar-refractivity contribution in [1.82, 2.24) is 14.0 Å². The first-order chi connectivity index (χ1) is 19.8. The average Bonchev–Trinajstić information content (AvgIpc) is 3.69. The summed E-state index contributed by atoms with van der Waals surface area (Å²) in [4.78, 5) is 18.3. The molecular formula is C31H32F4N4O2. The number of alkyl halides is 3. The number of halogens is 4. The van der Waals surface area contributed by atoms with Gasteiger partial charge in [-0.15, -0.1) is 0 Å². The molecule has 0 bridgehead atoms. The molecule has 2 aliphatic heterocycles. The molecule has 216 valence electrons. The first-order valence-electron chi connectivity index (χ1n) is 13.9. The highest BCUT2D eigenvalue weighted by molar-refractivity contribution is 5.83. The number of hydrogen-bond acceptors (Lipinski definition) is 4. The minimum absolute atomic E-state index is 0.00184. The predicted octanol–water partition coefficient (Wildman–Crippen LogP) is 6.07. The molecule has 3 aromatic carbocycles. The van der Waals surface area contributed by atoms with Gasteiger partial charge in [0.15, 0.2) is 0 Å². The Balaban J connectivity index is 1.39. The maximum absolute atomic E-state index is 15.3. The number of anilines is 1. The van der Waals surface area contributed by atoms with Crippen molar-refractivity contribution in [3.63, 3.8) is 0 Å².